The smallest absolute Gasteiger partial charge is 0.405 e. The fourth-order valence-electron chi connectivity index (χ4n) is 2.87. The van der Waals surface area contributed by atoms with Gasteiger partial charge in [0.1, 0.15) is 16.9 Å². The third-order valence-corrected chi connectivity index (χ3v) is 4.29. The van der Waals surface area contributed by atoms with Crippen molar-refractivity contribution in [3.05, 3.63) is 22.8 Å². The maximum Gasteiger partial charge on any atom is 0.405 e. The molecule has 1 amide bonds. The van der Waals surface area contributed by atoms with Crippen LogP contribution >= 0.6 is 11.6 Å². The summed E-state index contributed by atoms with van der Waals surface area (Å²) in [5, 5.41) is 3.61. The molecule has 1 saturated carbocycles. The van der Waals surface area contributed by atoms with Crippen molar-refractivity contribution in [2.45, 2.75) is 25.6 Å². The number of fused-ring (bicyclic) bond motifs is 1. The average Bonchev–Trinajstić information content (AvgIpc) is 2.82. The predicted molar refractivity (Wildman–Crippen MR) is 77.2 cm³/mol. The van der Waals surface area contributed by atoms with Crippen LogP contribution in [0.2, 0.25) is 5.15 Å². The van der Waals surface area contributed by atoms with Crippen LogP contribution in [0, 0.1) is 11.8 Å². The summed E-state index contributed by atoms with van der Waals surface area (Å²) in [4.78, 5) is 15.2. The highest BCUT2D eigenvalue weighted by atomic mass is 35.5. The van der Waals surface area contributed by atoms with Gasteiger partial charge in [-0.05, 0) is 19.9 Å². The molecule has 21 heavy (non-hydrogen) atoms. The van der Waals surface area contributed by atoms with E-state index < -0.39 is 11.7 Å². The SMILES string of the molecule is CC(C)(OC(N)=O)c1cc(Cl)nc(OC2C3CNCC32)c1. The van der Waals surface area contributed by atoms with Gasteiger partial charge in [-0.25, -0.2) is 9.78 Å². The van der Waals surface area contributed by atoms with Gasteiger partial charge in [-0.3, -0.25) is 0 Å². The van der Waals surface area contributed by atoms with Gasteiger partial charge in [-0.15, -0.1) is 0 Å². The number of aromatic nitrogens is 1. The van der Waals surface area contributed by atoms with Crippen LogP contribution in [0.1, 0.15) is 19.4 Å². The lowest BCUT2D eigenvalue weighted by atomic mass is 9.99. The summed E-state index contributed by atoms with van der Waals surface area (Å²) in [6.07, 6.45) is -0.636. The summed E-state index contributed by atoms with van der Waals surface area (Å²) in [6.45, 7) is 5.45. The first-order chi connectivity index (χ1) is 9.87. The topological polar surface area (TPSA) is 86.5 Å². The molecule has 3 N–H and O–H groups in total. The zero-order chi connectivity index (χ0) is 15.2. The van der Waals surface area contributed by atoms with Gasteiger partial charge in [0.05, 0.1) is 0 Å². The molecule has 1 aliphatic heterocycles. The second kappa shape index (κ2) is 5.03. The number of carbonyl (C=O) groups is 1. The number of amides is 1. The van der Waals surface area contributed by atoms with Crippen LogP contribution in [0.3, 0.4) is 0 Å². The molecule has 1 aromatic rings. The standard InChI is InChI=1S/C14H18ClN3O3/c1-14(2,21-13(16)19)7-3-10(15)18-11(4-7)20-12-8-5-17-6-9(8)12/h3-4,8-9,12,17H,5-6H2,1-2H3,(H2,16,19). The summed E-state index contributed by atoms with van der Waals surface area (Å²) in [7, 11) is 0. The van der Waals surface area contributed by atoms with Crippen molar-refractivity contribution in [1.29, 1.82) is 0 Å². The number of nitrogens with two attached hydrogens (primary N) is 1. The second-order valence-corrected chi connectivity index (χ2v) is 6.40. The molecule has 1 aliphatic carbocycles. The van der Waals surface area contributed by atoms with E-state index in [1.807, 2.05) is 0 Å². The molecule has 7 heteroatoms. The van der Waals surface area contributed by atoms with Crippen LogP contribution in [-0.2, 0) is 10.3 Å². The molecule has 2 atom stereocenters. The summed E-state index contributed by atoms with van der Waals surface area (Å²) in [5.74, 6) is 1.58. The molecule has 2 aliphatic rings. The third-order valence-electron chi connectivity index (χ3n) is 4.09. The Labute approximate surface area is 128 Å². The molecule has 0 spiro atoms. The Morgan fingerprint density at radius 1 is 1.43 bits per heavy atom. The first-order valence-electron chi connectivity index (χ1n) is 6.91. The van der Waals surface area contributed by atoms with E-state index in [1.54, 1.807) is 26.0 Å². The largest absolute Gasteiger partial charge is 0.474 e. The van der Waals surface area contributed by atoms with Crippen molar-refractivity contribution in [2.24, 2.45) is 17.6 Å². The lowest BCUT2D eigenvalue weighted by Gasteiger charge is -2.25. The van der Waals surface area contributed by atoms with E-state index in [4.69, 9.17) is 26.8 Å². The summed E-state index contributed by atoms with van der Waals surface area (Å²) >= 11 is 6.04. The maximum atomic E-state index is 11.0. The van der Waals surface area contributed by atoms with E-state index in [-0.39, 0.29) is 6.10 Å². The number of ether oxygens (including phenoxy) is 2. The lowest BCUT2D eigenvalue weighted by Crippen LogP contribution is -2.29. The molecule has 2 heterocycles. The van der Waals surface area contributed by atoms with E-state index in [0.29, 0.717) is 28.4 Å². The number of pyridine rings is 1. The molecule has 1 aromatic heterocycles. The number of piperidine rings is 1. The third kappa shape index (κ3) is 2.91. The van der Waals surface area contributed by atoms with Gasteiger partial charge in [0.15, 0.2) is 0 Å². The van der Waals surface area contributed by atoms with Crippen molar-refractivity contribution in [3.8, 4) is 5.88 Å². The first kappa shape index (κ1) is 14.4. The number of nitrogens with one attached hydrogen (secondary N) is 1. The summed E-state index contributed by atoms with van der Waals surface area (Å²) in [5.41, 5.74) is 4.90. The van der Waals surface area contributed by atoms with Gasteiger partial charge in [0.25, 0.3) is 0 Å². The lowest BCUT2D eigenvalue weighted by molar-refractivity contribution is 0.0428. The Morgan fingerprint density at radius 2 is 2.10 bits per heavy atom. The normalized spacial score (nSPS) is 27.1. The Hall–Kier alpha value is -1.53. The fraction of sp³-hybridized carbons (Fsp3) is 0.571. The second-order valence-electron chi connectivity index (χ2n) is 6.02. The van der Waals surface area contributed by atoms with Crippen molar-refractivity contribution in [1.82, 2.24) is 10.3 Å². The Morgan fingerprint density at radius 3 is 2.71 bits per heavy atom. The van der Waals surface area contributed by atoms with Gasteiger partial charge >= 0.3 is 6.09 Å². The number of hydrogen-bond donors (Lipinski definition) is 2. The van der Waals surface area contributed by atoms with Gasteiger partial charge in [0, 0.05) is 36.6 Å². The highest BCUT2D eigenvalue weighted by molar-refractivity contribution is 6.29. The van der Waals surface area contributed by atoms with Gasteiger partial charge in [-0.1, -0.05) is 11.6 Å². The predicted octanol–water partition coefficient (Wildman–Crippen LogP) is 1.66. The van der Waals surface area contributed by atoms with E-state index in [2.05, 4.69) is 10.3 Å². The van der Waals surface area contributed by atoms with Crippen molar-refractivity contribution in [2.75, 3.05) is 13.1 Å². The molecule has 0 aromatic carbocycles. The zero-order valence-electron chi connectivity index (χ0n) is 11.9. The number of nitrogens with zero attached hydrogens (tertiary/aromatic N) is 1. The van der Waals surface area contributed by atoms with Crippen LogP contribution in [0.5, 0.6) is 5.88 Å². The van der Waals surface area contributed by atoms with E-state index in [1.165, 1.54) is 0 Å². The minimum atomic E-state index is -0.891. The molecule has 114 valence electrons. The highest BCUT2D eigenvalue weighted by Crippen LogP contribution is 2.44. The summed E-state index contributed by atoms with van der Waals surface area (Å²) < 4.78 is 11.0. The van der Waals surface area contributed by atoms with Gasteiger partial charge in [0.2, 0.25) is 5.88 Å². The van der Waals surface area contributed by atoms with Crippen LogP contribution in [0.15, 0.2) is 12.1 Å². The Kier molecular flexibility index (Phi) is 3.45. The van der Waals surface area contributed by atoms with E-state index in [0.717, 1.165) is 13.1 Å². The molecular weight excluding hydrogens is 294 g/mol. The molecule has 0 radical (unpaired) electrons. The minimum absolute atomic E-state index is 0.199. The number of carbonyl (C=O) groups excluding carboxylic acids is 1. The van der Waals surface area contributed by atoms with E-state index in [9.17, 15) is 4.79 Å². The van der Waals surface area contributed by atoms with Crippen LogP contribution in [0.4, 0.5) is 4.79 Å². The molecule has 0 bridgehead atoms. The van der Waals surface area contributed by atoms with Crippen molar-refractivity contribution >= 4 is 17.7 Å². The zero-order valence-corrected chi connectivity index (χ0v) is 12.7. The molecule has 2 fully saturated rings. The Bertz CT molecular complexity index is 569. The van der Waals surface area contributed by atoms with Crippen molar-refractivity contribution in [3.63, 3.8) is 0 Å². The quantitative estimate of drug-likeness (QED) is 0.826. The van der Waals surface area contributed by atoms with Crippen molar-refractivity contribution < 1.29 is 14.3 Å². The minimum Gasteiger partial charge on any atom is -0.474 e. The monoisotopic (exact) mass is 311 g/mol. The van der Waals surface area contributed by atoms with Gasteiger partial charge in [-0.2, -0.15) is 0 Å². The van der Waals surface area contributed by atoms with E-state index >= 15 is 0 Å². The number of hydrogen-bond acceptors (Lipinski definition) is 5. The molecule has 3 rings (SSSR count). The van der Waals surface area contributed by atoms with Crippen LogP contribution in [-0.4, -0.2) is 30.3 Å². The molecule has 1 saturated heterocycles. The van der Waals surface area contributed by atoms with Crippen LogP contribution < -0.4 is 15.8 Å². The number of halogens is 1. The molecule has 2 unspecified atom stereocenters. The number of rotatable bonds is 4. The molecular formula is C14H18ClN3O3. The molecule has 6 nitrogen and oxygen atoms in total. The highest BCUT2D eigenvalue weighted by Gasteiger charge is 2.55. The number of primary amides is 1. The van der Waals surface area contributed by atoms with Crippen LogP contribution in [0.25, 0.3) is 0 Å². The van der Waals surface area contributed by atoms with Gasteiger partial charge < -0.3 is 20.5 Å². The Balaban J connectivity index is 1.78. The maximum absolute atomic E-state index is 11.0. The summed E-state index contributed by atoms with van der Waals surface area (Å²) in [6, 6.07) is 3.39. The average molecular weight is 312 g/mol. The first-order valence-corrected chi connectivity index (χ1v) is 7.28. The fourth-order valence-corrected chi connectivity index (χ4v) is 3.07.